The van der Waals surface area contributed by atoms with Crippen LogP contribution in [0.25, 0.3) is 22.2 Å². The summed E-state index contributed by atoms with van der Waals surface area (Å²) < 4.78 is 14.4. The summed E-state index contributed by atoms with van der Waals surface area (Å²) in [6.45, 7) is 0. The largest absolute Gasteiger partial charge is 0.497 e. The van der Waals surface area contributed by atoms with Gasteiger partial charge in [-0.2, -0.15) is 8.75 Å². The first kappa shape index (κ1) is 23.5. The molecule has 1 aromatic heterocycles. The average molecular weight is 510 g/mol. The van der Waals surface area contributed by atoms with Gasteiger partial charge in [0.25, 0.3) is 0 Å². The summed E-state index contributed by atoms with van der Waals surface area (Å²) in [4.78, 5) is 2.25. The van der Waals surface area contributed by atoms with Crippen molar-refractivity contribution in [2.45, 2.75) is 0 Å². The van der Waals surface area contributed by atoms with E-state index in [9.17, 15) is 0 Å². The summed E-state index contributed by atoms with van der Waals surface area (Å²) in [6.07, 6.45) is 0. The Morgan fingerprint density at radius 3 is 1.84 bits per heavy atom. The molecular formula is C33H23N3OS. The Balaban J connectivity index is 1.34. The maximum absolute atomic E-state index is 5.23. The Hall–Kier alpha value is -4.92. The number of aromatic nitrogens is 2. The van der Waals surface area contributed by atoms with Crippen LogP contribution in [-0.2, 0) is 0 Å². The van der Waals surface area contributed by atoms with Gasteiger partial charge in [0.15, 0.2) is 0 Å². The number of ether oxygens (including phenoxy) is 1. The zero-order valence-corrected chi connectivity index (χ0v) is 21.5. The van der Waals surface area contributed by atoms with Crippen LogP contribution in [0.1, 0.15) is 11.1 Å². The summed E-state index contributed by atoms with van der Waals surface area (Å²) in [5, 5.41) is 0. The van der Waals surface area contributed by atoms with Gasteiger partial charge < -0.3 is 9.64 Å². The molecule has 0 atom stereocenters. The molecule has 0 aliphatic rings. The number of hydrogen-bond donors (Lipinski definition) is 0. The number of methoxy groups -OCH3 is 1. The third-order valence-electron chi connectivity index (χ3n) is 6.31. The molecule has 5 heteroatoms. The summed E-state index contributed by atoms with van der Waals surface area (Å²) in [5.41, 5.74) is 8.91. The zero-order valence-electron chi connectivity index (χ0n) is 20.7. The lowest BCUT2D eigenvalue weighted by Crippen LogP contribution is -2.09. The fraction of sp³-hybridized carbons (Fsp3) is 0.0303. The number of benzene rings is 5. The minimum Gasteiger partial charge on any atom is -0.497 e. The second-order valence-electron chi connectivity index (χ2n) is 8.65. The molecule has 0 amide bonds. The smallest absolute Gasteiger partial charge is 0.121 e. The summed E-state index contributed by atoms with van der Waals surface area (Å²) in [7, 11) is 1.66. The summed E-state index contributed by atoms with van der Waals surface area (Å²) >= 11 is 1.21. The van der Waals surface area contributed by atoms with Crippen molar-refractivity contribution in [2.24, 2.45) is 0 Å². The molecule has 0 saturated carbocycles. The minimum absolute atomic E-state index is 0.813. The van der Waals surface area contributed by atoms with Crippen LogP contribution in [0.5, 0.6) is 5.75 Å². The SMILES string of the molecule is COc1ccc(C#Cc2ccc(-c3ccc(N(c4ccccc4)c4ccccc4)cc3)c3nsnc23)cc1. The first-order chi connectivity index (χ1) is 18.8. The van der Waals surface area contributed by atoms with E-state index < -0.39 is 0 Å². The first-order valence-electron chi connectivity index (χ1n) is 12.2. The molecule has 0 spiro atoms. The maximum Gasteiger partial charge on any atom is 0.121 e. The normalized spacial score (nSPS) is 10.6. The molecule has 182 valence electrons. The molecule has 38 heavy (non-hydrogen) atoms. The van der Waals surface area contributed by atoms with E-state index in [1.165, 1.54) is 11.7 Å². The number of nitrogens with zero attached hydrogens (tertiary/aromatic N) is 3. The van der Waals surface area contributed by atoms with Gasteiger partial charge in [0.1, 0.15) is 16.8 Å². The Kier molecular flexibility index (Phi) is 6.55. The van der Waals surface area contributed by atoms with Crippen LogP contribution in [0.2, 0.25) is 0 Å². The van der Waals surface area contributed by atoms with Crippen LogP contribution in [0.3, 0.4) is 0 Å². The summed E-state index contributed by atoms with van der Waals surface area (Å²) in [6, 6.07) is 41.2. The molecule has 5 aromatic carbocycles. The van der Waals surface area contributed by atoms with E-state index in [0.29, 0.717) is 0 Å². The standard InChI is InChI=1S/C33H23N3OS/c1-37-30-21-13-24(14-22-30)12-15-26-18-23-31(33-32(26)34-38-35-33)25-16-19-29(20-17-25)36(27-8-4-2-5-9-27)28-10-6-3-7-11-28/h2-11,13-14,16-23H,1H3. The highest BCUT2D eigenvalue weighted by molar-refractivity contribution is 7.00. The molecule has 6 aromatic rings. The lowest BCUT2D eigenvalue weighted by atomic mass is 10.0. The zero-order chi connectivity index (χ0) is 25.7. The van der Waals surface area contributed by atoms with E-state index in [1.807, 2.05) is 42.5 Å². The molecule has 0 N–H and O–H groups in total. The molecule has 0 fully saturated rings. The lowest BCUT2D eigenvalue weighted by molar-refractivity contribution is 0.415. The number of anilines is 3. The Morgan fingerprint density at radius 1 is 0.605 bits per heavy atom. The number of fused-ring (bicyclic) bond motifs is 1. The van der Waals surface area contributed by atoms with Crippen LogP contribution in [0, 0.1) is 11.8 Å². The predicted molar refractivity (Wildman–Crippen MR) is 157 cm³/mol. The Labute approximate surface area is 226 Å². The predicted octanol–water partition coefficient (Wildman–Crippen LogP) is 8.24. The monoisotopic (exact) mass is 509 g/mol. The average Bonchev–Trinajstić information content (AvgIpc) is 3.49. The van der Waals surface area contributed by atoms with Crippen LogP contribution in [0.4, 0.5) is 17.1 Å². The number of para-hydroxylation sites is 2. The third-order valence-corrected chi connectivity index (χ3v) is 6.84. The van der Waals surface area contributed by atoms with E-state index in [-0.39, 0.29) is 0 Å². The molecule has 0 unspecified atom stereocenters. The lowest BCUT2D eigenvalue weighted by Gasteiger charge is -2.25. The van der Waals surface area contributed by atoms with Gasteiger partial charge in [-0.1, -0.05) is 66.4 Å². The van der Waals surface area contributed by atoms with E-state index in [0.717, 1.165) is 56.1 Å². The van der Waals surface area contributed by atoms with Crippen molar-refractivity contribution in [3.05, 3.63) is 132 Å². The van der Waals surface area contributed by atoms with Crippen molar-refractivity contribution < 1.29 is 4.74 Å². The van der Waals surface area contributed by atoms with Gasteiger partial charge >= 0.3 is 0 Å². The van der Waals surface area contributed by atoms with Crippen LogP contribution in [0.15, 0.2) is 121 Å². The minimum atomic E-state index is 0.813. The maximum atomic E-state index is 5.23. The van der Waals surface area contributed by atoms with E-state index in [1.54, 1.807) is 7.11 Å². The molecule has 0 aliphatic heterocycles. The van der Waals surface area contributed by atoms with E-state index in [4.69, 9.17) is 4.74 Å². The Morgan fingerprint density at radius 2 is 1.21 bits per heavy atom. The molecule has 6 rings (SSSR count). The topological polar surface area (TPSA) is 38.2 Å². The van der Waals surface area contributed by atoms with Crippen molar-refractivity contribution in [2.75, 3.05) is 12.0 Å². The second-order valence-corrected chi connectivity index (χ2v) is 9.18. The highest BCUT2D eigenvalue weighted by Gasteiger charge is 2.14. The number of hydrogen-bond acceptors (Lipinski definition) is 5. The van der Waals surface area contributed by atoms with Crippen molar-refractivity contribution in [3.8, 4) is 28.7 Å². The van der Waals surface area contributed by atoms with Gasteiger partial charge in [0, 0.05) is 28.2 Å². The molecule has 0 aliphatic carbocycles. The molecule has 0 saturated heterocycles. The highest BCUT2D eigenvalue weighted by atomic mass is 32.1. The van der Waals surface area contributed by atoms with Crippen LogP contribution in [-0.4, -0.2) is 15.9 Å². The van der Waals surface area contributed by atoms with Gasteiger partial charge in [-0.25, -0.2) is 0 Å². The highest BCUT2D eigenvalue weighted by Crippen LogP contribution is 2.36. The second kappa shape index (κ2) is 10.6. The first-order valence-corrected chi connectivity index (χ1v) is 13.0. The van der Waals surface area contributed by atoms with Crippen LogP contribution >= 0.6 is 11.7 Å². The van der Waals surface area contributed by atoms with E-state index >= 15 is 0 Å². The Bertz CT molecular complexity index is 1690. The van der Waals surface area contributed by atoms with Gasteiger partial charge in [-0.05, 0) is 72.3 Å². The van der Waals surface area contributed by atoms with Gasteiger partial charge in [-0.15, -0.1) is 0 Å². The van der Waals surface area contributed by atoms with Crippen molar-refractivity contribution >= 4 is 39.8 Å². The quantitative estimate of drug-likeness (QED) is 0.219. The van der Waals surface area contributed by atoms with E-state index in [2.05, 4.69) is 104 Å². The van der Waals surface area contributed by atoms with Crippen molar-refractivity contribution in [1.29, 1.82) is 0 Å². The molecule has 0 bridgehead atoms. The van der Waals surface area contributed by atoms with Crippen molar-refractivity contribution in [3.63, 3.8) is 0 Å². The van der Waals surface area contributed by atoms with Gasteiger partial charge in [-0.3, -0.25) is 0 Å². The molecular weight excluding hydrogens is 486 g/mol. The fourth-order valence-electron chi connectivity index (χ4n) is 4.41. The van der Waals surface area contributed by atoms with Gasteiger partial charge in [0.05, 0.1) is 24.4 Å². The third kappa shape index (κ3) is 4.73. The van der Waals surface area contributed by atoms with Crippen molar-refractivity contribution in [1.82, 2.24) is 8.75 Å². The number of rotatable bonds is 5. The molecule has 4 nitrogen and oxygen atoms in total. The fourth-order valence-corrected chi connectivity index (χ4v) is 4.98. The molecule has 0 radical (unpaired) electrons. The van der Waals surface area contributed by atoms with Crippen LogP contribution < -0.4 is 9.64 Å². The molecule has 1 heterocycles. The summed E-state index contributed by atoms with van der Waals surface area (Å²) in [5.74, 6) is 7.32. The van der Waals surface area contributed by atoms with Gasteiger partial charge in [0.2, 0.25) is 0 Å².